The fourth-order valence-corrected chi connectivity index (χ4v) is 3.01. The Bertz CT molecular complexity index is 645. The molecule has 2 nitrogen and oxygen atoms in total. The Labute approximate surface area is 138 Å². The Balaban J connectivity index is 2.28. The van der Waals surface area contributed by atoms with Crippen molar-refractivity contribution in [2.24, 2.45) is 0 Å². The van der Waals surface area contributed by atoms with Gasteiger partial charge in [-0.2, -0.15) is 0 Å². The molecule has 0 radical (unpaired) electrons. The van der Waals surface area contributed by atoms with Gasteiger partial charge in [-0.1, -0.05) is 33.6 Å². The third-order valence-corrected chi connectivity index (χ3v) is 4.68. The zero-order valence-electron chi connectivity index (χ0n) is 10.0. The highest BCUT2D eigenvalue weighted by molar-refractivity contribution is 14.1. The molecule has 0 aliphatic heterocycles. The van der Waals surface area contributed by atoms with E-state index in [1.807, 2.05) is 25.1 Å². The second-order valence-electron chi connectivity index (χ2n) is 3.99. The smallest absolute Gasteiger partial charge is 0.255 e. The first-order valence-electron chi connectivity index (χ1n) is 5.50. The van der Waals surface area contributed by atoms with Gasteiger partial charge in [0.05, 0.1) is 5.69 Å². The first kappa shape index (κ1) is 14.8. The maximum absolute atomic E-state index is 12.3. The minimum absolute atomic E-state index is 0.126. The van der Waals surface area contributed by atoms with Crippen LogP contribution in [0, 0.1) is 10.5 Å². The van der Waals surface area contributed by atoms with Crippen LogP contribution in [0.15, 0.2) is 40.9 Å². The van der Waals surface area contributed by atoms with Gasteiger partial charge < -0.3 is 5.32 Å². The highest BCUT2D eigenvalue weighted by atomic mass is 127. The number of carbonyl (C=O) groups is 1. The van der Waals surface area contributed by atoms with E-state index in [4.69, 9.17) is 11.6 Å². The Morgan fingerprint density at radius 2 is 2.05 bits per heavy atom. The molecule has 2 aromatic rings. The van der Waals surface area contributed by atoms with Crippen molar-refractivity contribution in [1.82, 2.24) is 0 Å². The summed E-state index contributed by atoms with van der Waals surface area (Å²) < 4.78 is 1.83. The Morgan fingerprint density at radius 3 is 2.74 bits per heavy atom. The lowest BCUT2D eigenvalue weighted by atomic mass is 10.1. The van der Waals surface area contributed by atoms with Gasteiger partial charge in [0.25, 0.3) is 5.91 Å². The molecule has 1 amide bonds. The van der Waals surface area contributed by atoms with E-state index < -0.39 is 0 Å². The van der Waals surface area contributed by atoms with Gasteiger partial charge in [-0.15, -0.1) is 0 Å². The van der Waals surface area contributed by atoms with E-state index in [1.165, 1.54) is 0 Å². The van der Waals surface area contributed by atoms with Crippen molar-refractivity contribution in [2.75, 3.05) is 5.32 Å². The number of anilines is 1. The number of rotatable bonds is 2. The van der Waals surface area contributed by atoms with Gasteiger partial charge in [-0.25, -0.2) is 0 Å². The summed E-state index contributed by atoms with van der Waals surface area (Å²) in [6.45, 7) is 1.91. The molecule has 0 atom stereocenters. The van der Waals surface area contributed by atoms with Gasteiger partial charge in [0.2, 0.25) is 0 Å². The van der Waals surface area contributed by atoms with Crippen LogP contribution in [0.5, 0.6) is 0 Å². The number of nitrogens with one attached hydrogen (secondary N) is 1. The summed E-state index contributed by atoms with van der Waals surface area (Å²) in [6.07, 6.45) is 0. The Hall–Kier alpha value is -0.590. The zero-order chi connectivity index (χ0) is 14.0. The van der Waals surface area contributed by atoms with Crippen LogP contribution >= 0.6 is 50.1 Å². The largest absolute Gasteiger partial charge is 0.321 e. The number of benzene rings is 2. The molecule has 2 aromatic carbocycles. The number of halogens is 3. The number of hydrogen-bond acceptors (Lipinski definition) is 1. The predicted molar refractivity (Wildman–Crippen MR) is 91.0 cm³/mol. The van der Waals surface area contributed by atoms with Gasteiger partial charge in [0.1, 0.15) is 0 Å². The third kappa shape index (κ3) is 3.49. The second-order valence-corrected chi connectivity index (χ2v) is 6.44. The quantitative estimate of drug-likeness (QED) is 0.621. The first-order chi connectivity index (χ1) is 8.99. The van der Waals surface area contributed by atoms with Crippen LogP contribution in [-0.4, -0.2) is 5.91 Å². The second kappa shape index (κ2) is 6.24. The van der Waals surface area contributed by atoms with Crippen LogP contribution in [-0.2, 0) is 0 Å². The fraction of sp³-hybridized carbons (Fsp3) is 0.0714. The summed E-state index contributed by atoms with van der Waals surface area (Å²) in [5.74, 6) is -0.126. The minimum Gasteiger partial charge on any atom is -0.321 e. The number of hydrogen-bond donors (Lipinski definition) is 1. The van der Waals surface area contributed by atoms with Gasteiger partial charge in [-0.05, 0) is 65.4 Å². The summed E-state index contributed by atoms with van der Waals surface area (Å²) in [5.41, 5.74) is 2.33. The Morgan fingerprint density at radius 1 is 1.32 bits per heavy atom. The van der Waals surface area contributed by atoms with Crippen molar-refractivity contribution in [3.63, 3.8) is 0 Å². The molecular formula is C14H10BrClINO. The Kier molecular flexibility index (Phi) is 4.86. The van der Waals surface area contributed by atoms with Crippen LogP contribution in [0.25, 0.3) is 0 Å². The molecular weight excluding hydrogens is 440 g/mol. The lowest BCUT2D eigenvalue weighted by Crippen LogP contribution is -2.14. The molecule has 0 fully saturated rings. The van der Waals surface area contributed by atoms with Crippen molar-refractivity contribution in [2.45, 2.75) is 6.92 Å². The molecule has 0 spiro atoms. The zero-order valence-corrected chi connectivity index (χ0v) is 14.5. The summed E-state index contributed by atoms with van der Waals surface area (Å²) in [4.78, 5) is 12.3. The molecule has 0 saturated heterocycles. The van der Waals surface area contributed by atoms with E-state index in [-0.39, 0.29) is 5.91 Å². The molecule has 0 bridgehead atoms. The molecule has 1 N–H and O–H groups in total. The summed E-state index contributed by atoms with van der Waals surface area (Å²) in [6, 6.07) is 10.9. The van der Waals surface area contributed by atoms with Crippen molar-refractivity contribution >= 4 is 61.7 Å². The number of amides is 1. The van der Waals surface area contributed by atoms with Crippen LogP contribution in [0.4, 0.5) is 5.69 Å². The third-order valence-electron chi connectivity index (χ3n) is 2.69. The molecule has 2 rings (SSSR count). The lowest BCUT2D eigenvalue weighted by molar-refractivity contribution is 0.102. The van der Waals surface area contributed by atoms with Crippen molar-refractivity contribution in [1.29, 1.82) is 0 Å². The fourth-order valence-electron chi connectivity index (χ4n) is 1.63. The molecule has 19 heavy (non-hydrogen) atoms. The molecule has 0 saturated carbocycles. The van der Waals surface area contributed by atoms with E-state index in [1.54, 1.807) is 18.2 Å². The van der Waals surface area contributed by atoms with Crippen molar-refractivity contribution in [3.05, 3.63) is 60.6 Å². The van der Waals surface area contributed by atoms with Crippen LogP contribution in [0.2, 0.25) is 5.02 Å². The van der Waals surface area contributed by atoms with Gasteiger partial charge in [0.15, 0.2) is 0 Å². The highest BCUT2D eigenvalue weighted by Crippen LogP contribution is 2.24. The van der Waals surface area contributed by atoms with Crippen LogP contribution in [0.3, 0.4) is 0 Å². The van der Waals surface area contributed by atoms with E-state index in [2.05, 4.69) is 43.8 Å². The maximum atomic E-state index is 12.3. The van der Waals surface area contributed by atoms with E-state index >= 15 is 0 Å². The topological polar surface area (TPSA) is 29.1 Å². The van der Waals surface area contributed by atoms with E-state index in [0.717, 1.165) is 19.3 Å². The number of carbonyl (C=O) groups excluding carboxylic acids is 1. The molecule has 0 aliphatic rings. The minimum atomic E-state index is -0.126. The molecule has 0 aromatic heterocycles. The standard InChI is InChI=1S/C14H10BrClINO/c1-8-10(3-2-4-11(8)15)14(19)18-13-6-5-9(16)7-12(13)17/h2-7H,1H3,(H,18,19). The van der Waals surface area contributed by atoms with Gasteiger partial charge >= 0.3 is 0 Å². The highest BCUT2D eigenvalue weighted by Gasteiger charge is 2.12. The summed E-state index contributed by atoms with van der Waals surface area (Å²) >= 11 is 11.5. The van der Waals surface area contributed by atoms with Gasteiger partial charge in [0, 0.05) is 18.6 Å². The monoisotopic (exact) mass is 449 g/mol. The average molecular weight is 451 g/mol. The van der Waals surface area contributed by atoms with Crippen molar-refractivity contribution < 1.29 is 4.79 Å². The lowest BCUT2D eigenvalue weighted by Gasteiger charge is -2.10. The van der Waals surface area contributed by atoms with Crippen LogP contribution < -0.4 is 5.32 Å². The molecule has 0 aliphatic carbocycles. The maximum Gasteiger partial charge on any atom is 0.255 e. The normalized spacial score (nSPS) is 10.3. The molecule has 0 heterocycles. The summed E-state index contributed by atoms with van der Waals surface area (Å²) in [7, 11) is 0. The van der Waals surface area contributed by atoms with E-state index in [0.29, 0.717) is 10.6 Å². The summed E-state index contributed by atoms with van der Waals surface area (Å²) in [5, 5.41) is 3.55. The SMILES string of the molecule is Cc1c(Br)cccc1C(=O)Nc1ccc(Cl)cc1I. The van der Waals surface area contributed by atoms with E-state index in [9.17, 15) is 4.79 Å². The molecule has 5 heteroatoms. The van der Waals surface area contributed by atoms with Crippen LogP contribution in [0.1, 0.15) is 15.9 Å². The predicted octanol–water partition coefficient (Wildman–Crippen LogP) is 5.27. The molecule has 98 valence electrons. The first-order valence-corrected chi connectivity index (χ1v) is 7.75. The average Bonchev–Trinajstić information content (AvgIpc) is 2.36. The van der Waals surface area contributed by atoms with Gasteiger partial charge in [-0.3, -0.25) is 4.79 Å². The van der Waals surface area contributed by atoms with Crippen molar-refractivity contribution in [3.8, 4) is 0 Å². The molecule has 0 unspecified atom stereocenters.